The van der Waals surface area contributed by atoms with Gasteiger partial charge in [-0.2, -0.15) is 0 Å². The highest BCUT2D eigenvalue weighted by Gasteiger charge is 2.30. The molecule has 34 heavy (non-hydrogen) atoms. The second kappa shape index (κ2) is 9.14. The van der Waals surface area contributed by atoms with Gasteiger partial charge in [0.2, 0.25) is 5.91 Å². The van der Waals surface area contributed by atoms with Gasteiger partial charge >= 0.3 is 0 Å². The van der Waals surface area contributed by atoms with Crippen molar-refractivity contribution >= 4 is 40.5 Å². The molecule has 1 saturated carbocycles. The SMILES string of the molecule is COc1c(Nc2cc(NC(=O)C3CC3)nn3cc(C)nc23)cccc1/C(C=NC1CNC1)=C/N. The monoisotopic (exact) mass is 460 g/mol. The first-order chi connectivity index (χ1) is 16.6. The van der Waals surface area contributed by atoms with Gasteiger partial charge in [-0.25, -0.2) is 9.50 Å². The number of nitrogens with one attached hydrogen (secondary N) is 3. The van der Waals surface area contributed by atoms with E-state index in [1.54, 1.807) is 23.9 Å². The first-order valence-corrected chi connectivity index (χ1v) is 11.3. The van der Waals surface area contributed by atoms with E-state index >= 15 is 0 Å². The third-order valence-corrected chi connectivity index (χ3v) is 5.91. The molecule has 0 atom stereocenters. The van der Waals surface area contributed by atoms with Gasteiger partial charge in [0.15, 0.2) is 11.5 Å². The number of fused-ring (bicyclic) bond motifs is 1. The number of allylic oxidation sites excluding steroid dienone is 1. The maximum Gasteiger partial charge on any atom is 0.228 e. The van der Waals surface area contributed by atoms with E-state index in [0.29, 0.717) is 22.9 Å². The summed E-state index contributed by atoms with van der Waals surface area (Å²) < 4.78 is 7.45. The quantitative estimate of drug-likeness (QED) is 0.380. The number of nitrogens with two attached hydrogens (primary N) is 1. The number of para-hydroxylation sites is 1. The van der Waals surface area contributed by atoms with Crippen LogP contribution in [0.2, 0.25) is 0 Å². The third kappa shape index (κ3) is 4.44. The number of nitrogens with zero attached hydrogens (tertiary/aromatic N) is 4. The average Bonchev–Trinajstić information content (AvgIpc) is 3.57. The number of rotatable bonds is 8. The summed E-state index contributed by atoms with van der Waals surface area (Å²) in [6.07, 6.45) is 6.99. The fraction of sp³-hybridized carbons (Fsp3) is 0.333. The molecule has 10 heteroatoms. The molecule has 3 aromatic rings. The molecule has 5 N–H and O–H groups in total. The Balaban J connectivity index is 1.49. The van der Waals surface area contributed by atoms with Crippen LogP contribution in [0.3, 0.4) is 0 Å². The molecule has 1 aliphatic carbocycles. The number of ether oxygens (including phenoxy) is 1. The van der Waals surface area contributed by atoms with E-state index in [4.69, 9.17) is 10.5 Å². The predicted molar refractivity (Wildman–Crippen MR) is 133 cm³/mol. The van der Waals surface area contributed by atoms with Crippen LogP contribution in [0.25, 0.3) is 11.2 Å². The normalized spacial score (nSPS) is 16.6. The number of amides is 1. The largest absolute Gasteiger partial charge is 0.494 e. The fourth-order valence-corrected chi connectivity index (χ4v) is 3.81. The van der Waals surface area contributed by atoms with Crippen molar-refractivity contribution in [3.8, 4) is 5.75 Å². The van der Waals surface area contributed by atoms with Gasteiger partial charge in [-0.3, -0.25) is 9.79 Å². The first kappa shape index (κ1) is 21.9. The summed E-state index contributed by atoms with van der Waals surface area (Å²) in [6, 6.07) is 7.84. The number of methoxy groups -OCH3 is 1. The highest BCUT2D eigenvalue weighted by atomic mass is 16.5. The van der Waals surface area contributed by atoms with Gasteiger partial charge in [-0.1, -0.05) is 12.1 Å². The molecule has 5 rings (SSSR count). The van der Waals surface area contributed by atoms with E-state index in [2.05, 4.69) is 31.0 Å². The molecule has 10 nitrogen and oxygen atoms in total. The highest BCUT2D eigenvalue weighted by molar-refractivity contribution is 6.11. The fourth-order valence-electron chi connectivity index (χ4n) is 3.81. The van der Waals surface area contributed by atoms with Crippen molar-refractivity contribution in [1.29, 1.82) is 0 Å². The minimum absolute atomic E-state index is 0.00658. The van der Waals surface area contributed by atoms with Gasteiger partial charge < -0.3 is 26.4 Å². The first-order valence-electron chi connectivity index (χ1n) is 11.3. The zero-order chi connectivity index (χ0) is 23.7. The van der Waals surface area contributed by atoms with Gasteiger partial charge in [-0.15, -0.1) is 5.10 Å². The molecule has 176 valence electrons. The van der Waals surface area contributed by atoms with Gasteiger partial charge in [0.05, 0.1) is 36.4 Å². The van der Waals surface area contributed by atoms with E-state index in [1.165, 1.54) is 6.20 Å². The molecule has 1 aliphatic heterocycles. The summed E-state index contributed by atoms with van der Waals surface area (Å²) in [5.41, 5.74) is 10.4. The number of aromatic nitrogens is 3. The van der Waals surface area contributed by atoms with E-state index in [1.807, 2.05) is 31.3 Å². The average molecular weight is 461 g/mol. The number of imidazole rings is 1. The number of hydrogen-bond acceptors (Lipinski definition) is 8. The molecule has 1 saturated heterocycles. The lowest BCUT2D eigenvalue weighted by Gasteiger charge is -2.23. The van der Waals surface area contributed by atoms with Crippen molar-refractivity contribution in [2.45, 2.75) is 25.8 Å². The Morgan fingerprint density at radius 1 is 1.32 bits per heavy atom. The summed E-state index contributed by atoms with van der Waals surface area (Å²) >= 11 is 0. The lowest BCUT2D eigenvalue weighted by molar-refractivity contribution is -0.117. The molecule has 0 unspecified atom stereocenters. The van der Waals surface area contributed by atoms with Gasteiger partial charge in [0.25, 0.3) is 0 Å². The lowest BCUT2D eigenvalue weighted by Crippen LogP contribution is -2.45. The van der Waals surface area contributed by atoms with Crippen LogP contribution >= 0.6 is 0 Å². The van der Waals surface area contributed by atoms with Crippen molar-refractivity contribution in [1.82, 2.24) is 19.9 Å². The second-order valence-corrected chi connectivity index (χ2v) is 8.58. The van der Waals surface area contributed by atoms with Crippen LogP contribution in [0.5, 0.6) is 5.75 Å². The van der Waals surface area contributed by atoms with E-state index in [-0.39, 0.29) is 17.9 Å². The minimum atomic E-state index is -0.00658. The van der Waals surface area contributed by atoms with Crippen LogP contribution in [0.4, 0.5) is 17.2 Å². The Bertz CT molecular complexity index is 1290. The summed E-state index contributed by atoms with van der Waals surface area (Å²) in [4.78, 5) is 21.5. The van der Waals surface area contributed by atoms with Crippen LogP contribution in [0.1, 0.15) is 24.1 Å². The Morgan fingerprint density at radius 3 is 2.82 bits per heavy atom. The lowest BCUT2D eigenvalue weighted by atomic mass is 10.0. The molecule has 0 spiro atoms. The molecular weight excluding hydrogens is 432 g/mol. The van der Waals surface area contributed by atoms with Crippen LogP contribution in [-0.2, 0) is 4.79 Å². The van der Waals surface area contributed by atoms with Crippen LogP contribution in [-0.4, -0.2) is 53.0 Å². The molecule has 3 heterocycles. The summed E-state index contributed by atoms with van der Waals surface area (Å²) in [6.45, 7) is 3.64. The summed E-state index contributed by atoms with van der Waals surface area (Å²) in [7, 11) is 1.62. The number of hydrogen-bond donors (Lipinski definition) is 4. The van der Waals surface area contributed by atoms with Gasteiger partial charge in [0, 0.05) is 48.6 Å². The molecule has 1 aromatic carbocycles. The van der Waals surface area contributed by atoms with Gasteiger partial charge in [-0.05, 0) is 25.8 Å². The Kier molecular flexibility index (Phi) is 5.89. The molecule has 2 aliphatic rings. The number of anilines is 3. The molecule has 0 radical (unpaired) electrons. The van der Waals surface area contributed by atoms with Crippen molar-refractivity contribution in [2.24, 2.45) is 16.6 Å². The van der Waals surface area contributed by atoms with Crippen LogP contribution < -0.4 is 26.4 Å². The van der Waals surface area contributed by atoms with E-state index < -0.39 is 0 Å². The topological polar surface area (TPSA) is 131 Å². The zero-order valence-electron chi connectivity index (χ0n) is 19.2. The summed E-state index contributed by atoms with van der Waals surface area (Å²) in [5.74, 6) is 1.16. The van der Waals surface area contributed by atoms with E-state index in [9.17, 15) is 4.79 Å². The van der Waals surface area contributed by atoms with Crippen molar-refractivity contribution < 1.29 is 9.53 Å². The van der Waals surface area contributed by atoms with Crippen LogP contribution in [0, 0.1) is 12.8 Å². The van der Waals surface area contributed by atoms with Crippen LogP contribution in [0.15, 0.2) is 41.7 Å². The molecule has 2 fully saturated rings. The van der Waals surface area contributed by atoms with Crippen molar-refractivity contribution in [3.63, 3.8) is 0 Å². The van der Waals surface area contributed by atoms with Gasteiger partial charge in [0.1, 0.15) is 5.75 Å². The number of benzene rings is 1. The second-order valence-electron chi connectivity index (χ2n) is 8.58. The summed E-state index contributed by atoms with van der Waals surface area (Å²) in [5, 5.41) is 14.1. The number of carbonyl (C=O) groups excluding carboxylic acids is 1. The molecular formula is C24H28N8O2. The smallest absolute Gasteiger partial charge is 0.228 e. The van der Waals surface area contributed by atoms with Crippen molar-refractivity contribution in [3.05, 3.63) is 47.9 Å². The van der Waals surface area contributed by atoms with E-state index in [0.717, 1.165) is 48.4 Å². The zero-order valence-corrected chi connectivity index (χ0v) is 19.2. The predicted octanol–water partition coefficient (Wildman–Crippen LogP) is 2.48. The van der Waals surface area contributed by atoms with Crippen molar-refractivity contribution in [2.75, 3.05) is 30.8 Å². The Labute approximate surface area is 197 Å². The Morgan fingerprint density at radius 2 is 2.15 bits per heavy atom. The maximum absolute atomic E-state index is 12.3. The third-order valence-electron chi connectivity index (χ3n) is 5.91. The maximum atomic E-state index is 12.3. The minimum Gasteiger partial charge on any atom is -0.494 e. The molecule has 0 bridgehead atoms. The standard InChI is InChI=1S/C24H28N8O2/c1-14-13-32-23(28-14)20(8-21(31-32)30-24(33)15-6-7-15)29-19-5-3-4-18(22(19)34-2)16(9-25)10-27-17-11-26-12-17/h3-5,8-10,13,15,17,26,29H,6-7,11-12,25H2,1-2H3,(H,30,31,33)/b16-9+,27-10?. The number of carbonyl (C=O) groups is 1. The molecule has 2 aromatic heterocycles. The number of aliphatic imine (C=N–C) groups is 1. The number of aryl methyl sites for hydroxylation is 1. The molecule has 1 amide bonds. The highest BCUT2D eigenvalue weighted by Crippen LogP contribution is 2.36. The Hall–Kier alpha value is -3.92.